The second-order valence-electron chi connectivity index (χ2n) is 7.60. The lowest BCUT2D eigenvalue weighted by Crippen LogP contribution is -2.30. The van der Waals surface area contributed by atoms with Crippen LogP contribution in [0.1, 0.15) is 22.3 Å². The zero-order chi connectivity index (χ0) is 20.5. The number of nitrogens with zero attached hydrogens (tertiary/aromatic N) is 2. The van der Waals surface area contributed by atoms with Crippen LogP contribution in [0.5, 0.6) is 5.75 Å². The van der Waals surface area contributed by atoms with Crippen LogP contribution < -0.4 is 9.30 Å². The zero-order valence-corrected chi connectivity index (χ0v) is 17.6. The number of benzene rings is 3. The van der Waals surface area contributed by atoms with Gasteiger partial charge in [0.1, 0.15) is 12.4 Å². The molecule has 4 rings (SSSR count). The van der Waals surface area contributed by atoms with Crippen LogP contribution in [0.4, 0.5) is 0 Å². The van der Waals surface area contributed by atoms with Crippen LogP contribution >= 0.6 is 0 Å². The van der Waals surface area contributed by atoms with Crippen LogP contribution in [-0.2, 0) is 20.7 Å². The lowest BCUT2D eigenvalue weighted by atomic mass is 10.0. The van der Waals surface area contributed by atoms with E-state index >= 15 is 0 Å². The molecule has 0 spiro atoms. The smallest absolute Gasteiger partial charge is 0.289 e. The number of fused-ring (bicyclic) bond motifs is 1. The summed E-state index contributed by atoms with van der Waals surface area (Å²) in [7, 11) is 4.27. The van der Waals surface area contributed by atoms with Crippen LogP contribution in [0.15, 0.2) is 67.2 Å². The largest absolute Gasteiger partial charge is 0.489 e. The Labute approximate surface area is 172 Å². The topological polar surface area (TPSA) is 18.0 Å². The minimum absolute atomic E-state index is 0.553. The minimum Gasteiger partial charge on any atom is -0.489 e. The summed E-state index contributed by atoms with van der Waals surface area (Å²) in [5.41, 5.74) is 8.41. The molecule has 0 radical (unpaired) electrons. The van der Waals surface area contributed by atoms with E-state index in [2.05, 4.69) is 104 Å². The van der Waals surface area contributed by atoms with E-state index in [0.29, 0.717) is 6.61 Å². The maximum atomic E-state index is 6.10. The Hall–Kier alpha value is -3.33. The monoisotopic (exact) mass is 383 g/mol. The highest BCUT2D eigenvalue weighted by atomic mass is 16.5. The Balaban J connectivity index is 1.66. The second kappa shape index (κ2) is 7.59. The number of aromatic nitrogens is 2. The van der Waals surface area contributed by atoms with Gasteiger partial charge >= 0.3 is 0 Å². The van der Waals surface area contributed by atoms with E-state index in [4.69, 9.17) is 4.74 Å². The predicted molar refractivity (Wildman–Crippen MR) is 120 cm³/mol. The predicted octanol–water partition coefficient (Wildman–Crippen LogP) is 5.51. The molecule has 1 heterocycles. The number of hydrogen-bond donors (Lipinski definition) is 0. The molecule has 3 heteroatoms. The summed E-state index contributed by atoms with van der Waals surface area (Å²) in [6.07, 6.45) is 1.85. The van der Waals surface area contributed by atoms with Gasteiger partial charge in [-0.05, 0) is 60.4 Å². The van der Waals surface area contributed by atoms with E-state index in [0.717, 1.165) is 16.9 Å². The van der Waals surface area contributed by atoms with Gasteiger partial charge in [0.15, 0.2) is 11.0 Å². The second-order valence-corrected chi connectivity index (χ2v) is 7.60. The molecular formula is C26H27N2O+. The van der Waals surface area contributed by atoms with Gasteiger partial charge in [0, 0.05) is 0 Å². The van der Waals surface area contributed by atoms with Crippen molar-refractivity contribution < 1.29 is 9.30 Å². The molecule has 4 aromatic rings. The fourth-order valence-electron chi connectivity index (χ4n) is 4.10. The van der Waals surface area contributed by atoms with Gasteiger partial charge in [-0.2, -0.15) is 0 Å². The Kier molecular flexibility index (Phi) is 4.98. The summed E-state index contributed by atoms with van der Waals surface area (Å²) in [5.74, 6) is 2.10. The summed E-state index contributed by atoms with van der Waals surface area (Å²) in [4.78, 5) is 0. The molecule has 0 saturated heterocycles. The number of rotatable bonds is 5. The third-order valence-corrected chi connectivity index (χ3v) is 5.59. The van der Waals surface area contributed by atoms with Crippen molar-refractivity contribution in [2.24, 2.45) is 14.1 Å². The summed E-state index contributed by atoms with van der Waals surface area (Å²) in [6.45, 7) is 8.67. The molecule has 0 aliphatic rings. The minimum atomic E-state index is 0.553. The highest BCUT2D eigenvalue weighted by molar-refractivity contribution is 5.77. The van der Waals surface area contributed by atoms with Crippen molar-refractivity contribution in [3.05, 3.63) is 89.5 Å². The molecule has 0 bridgehead atoms. The molecular weight excluding hydrogens is 356 g/mol. The van der Waals surface area contributed by atoms with Crippen LogP contribution in [0.25, 0.3) is 28.5 Å². The summed E-state index contributed by atoms with van der Waals surface area (Å²) >= 11 is 0. The molecule has 0 unspecified atom stereocenters. The van der Waals surface area contributed by atoms with E-state index in [9.17, 15) is 0 Å². The van der Waals surface area contributed by atoms with Gasteiger partial charge in [-0.1, -0.05) is 49.1 Å². The van der Waals surface area contributed by atoms with Crippen molar-refractivity contribution in [3.8, 4) is 17.1 Å². The van der Waals surface area contributed by atoms with E-state index in [1.807, 2.05) is 6.08 Å². The van der Waals surface area contributed by atoms with Crippen molar-refractivity contribution in [1.29, 1.82) is 0 Å². The van der Waals surface area contributed by atoms with Crippen LogP contribution in [0.2, 0.25) is 0 Å². The number of para-hydroxylation sites is 2. The number of imidazole rings is 1. The SMILES string of the molecule is C=Cc1ccc(COc2cc(C)c(-c3n(C)c4ccccc4[n+]3C)c(C)c2)cc1. The Morgan fingerprint density at radius 2 is 1.66 bits per heavy atom. The zero-order valence-electron chi connectivity index (χ0n) is 17.6. The molecule has 0 saturated carbocycles. The van der Waals surface area contributed by atoms with Crippen molar-refractivity contribution in [2.45, 2.75) is 20.5 Å². The molecule has 0 aliphatic heterocycles. The van der Waals surface area contributed by atoms with Crippen molar-refractivity contribution >= 4 is 17.1 Å². The first-order chi connectivity index (χ1) is 14.0. The standard InChI is InChI=1S/C26H27N2O/c1-6-20-11-13-21(14-12-20)17-29-22-15-18(2)25(19(3)16-22)26-27(4)23-9-7-8-10-24(23)28(26)5/h6-16H,1,17H2,2-5H3/q+1. The third-order valence-electron chi connectivity index (χ3n) is 5.59. The molecule has 3 nitrogen and oxygen atoms in total. The molecule has 3 aromatic carbocycles. The molecule has 0 fully saturated rings. The summed E-state index contributed by atoms with van der Waals surface area (Å²) in [5, 5.41) is 0. The Morgan fingerprint density at radius 3 is 2.28 bits per heavy atom. The van der Waals surface area contributed by atoms with Gasteiger partial charge in [-0.25, -0.2) is 9.13 Å². The number of ether oxygens (including phenoxy) is 1. The molecule has 0 N–H and O–H groups in total. The van der Waals surface area contributed by atoms with Gasteiger partial charge in [0.05, 0.1) is 19.7 Å². The lowest BCUT2D eigenvalue weighted by molar-refractivity contribution is -0.634. The van der Waals surface area contributed by atoms with E-state index in [1.54, 1.807) is 0 Å². The molecule has 1 aromatic heterocycles. The van der Waals surface area contributed by atoms with Crippen LogP contribution in [0, 0.1) is 13.8 Å². The highest BCUT2D eigenvalue weighted by Gasteiger charge is 2.24. The van der Waals surface area contributed by atoms with Gasteiger partial charge < -0.3 is 4.74 Å². The quantitative estimate of drug-likeness (QED) is 0.416. The Morgan fingerprint density at radius 1 is 1.00 bits per heavy atom. The first kappa shape index (κ1) is 19.0. The van der Waals surface area contributed by atoms with E-state index < -0.39 is 0 Å². The van der Waals surface area contributed by atoms with Crippen LogP contribution in [-0.4, -0.2) is 4.57 Å². The van der Waals surface area contributed by atoms with Crippen molar-refractivity contribution in [2.75, 3.05) is 0 Å². The highest BCUT2D eigenvalue weighted by Crippen LogP contribution is 2.31. The van der Waals surface area contributed by atoms with Gasteiger partial charge in [0.2, 0.25) is 0 Å². The molecule has 0 aliphatic carbocycles. The average molecular weight is 384 g/mol. The average Bonchev–Trinajstić information content (AvgIpc) is 2.98. The normalized spacial score (nSPS) is 11.0. The number of hydrogen-bond acceptors (Lipinski definition) is 1. The lowest BCUT2D eigenvalue weighted by Gasteiger charge is -2.12. The van der Waals surface area contributed by atoms with Crippen molar-refractivity contribution in [1.82, 2.24) is 4.57 Å². The molecule has 0 amide bonds. The first-order valence-corrected chi connectivity index (χ1v) is 9.89. The summed E-state index contributed by atoms with van der Waals surface area (Å²) in [6, 6.07) is 21.1. The van der Waals surface area contributed by atoms with E-state index in [1.165, 1.54) is 33.5 Å². The first-order valence-electron chi connectivity index (χ1n) is 9.89. The maximum absolute atomic E-state index is 6.10. The maximum Gasteiger partial charge on any atom is 0.289 e. The Bertz CT molecular complexity index is 1140. The van der Waals surface area contributed by atoms with E-state index in [-0.39, 0.29) is 0 Å². The van der Waals surface area contributed by atoms with Gasteiger partial charge in [-0.3, -0.25) is 0 Å². The molecule has 29 heavy (non-hydrogen) atoms. The third kappa shape index (κ3) is 3.44. The van der Waals surface area contributed by atoms with Gasteiger partial charge in [-0.15, -0.1) is 0 Å². The fourth-order valence-corrected chi connectivity index (χ4v) is 4.10. The van der Waals surface area contributed by atoms with Crippen molar-refractivity contribution in [3.63, 3.8) is 0 Å². The van der Waals surface area contributed by atoms with Crippen LogP contribution in [0.3, 0.4) is 0 Å². The van der Waals surface area contributed by atoms with Gasteiger partial charge in [0.25, 0.3) is 5.82 Å². The molecule has 0 atom stereocenters. The summed E-state index contributed by atoms with van der Waals surface area (Å²) < 4.78 is 10.6. The number of aryl methyl sites for hydroxylation is 4. The fraction of sp³-hybridized carbons (Fsp3) is 0.192. The molecule has 146 valence electrons.